The molecule has 110 valence electrons. The summed E-state index contributed by atoms with van der Waals surface area (Å²) in [6, 6.07) is 12.2. The number of fused-ring (bicyclic) bond motifs is 1. The topological polar surface area (TPSA) is 37.4 Å². The molecule has 0 fully saturated rings. The van der Waals surface area contributed by atoms with Crippen LogP contribution in [-0.2, 0) is 10.0 Å². The summed E-state index contributed by atoms with van der Waals surface area (Å²) in [5.41, 5.74) is 0.686. The summed E-state index contributed by atoms with van der Waals surface area (Å²) in [4.78, 5) is 1.05. The zero-order valence-corrected chi connectivity index (χ0v) is 13.0. The number of para-hydroxylation sites is 1. The maximum Gasteiger partial charge on any atom is 0.264 e. The highest BCUT2D eigenvalue weighted by atomic mass is 32.2. The summed E-state index contributed by atoms with van der Waals surface area (Å²) in [5, 5.41) is 0. The lowest BCUT2D eigenvalue weighted by Gasteiger charge is -2.35. The Morgan fingerprint density at radius 3 is 2.52 bits per heavy atom. The van der Waals surface area contributed by atoms with Crippen LogP contribution in [0.4, 0.5) is 10.1 Å². The minimum Gasteiger partial charge on any atom is -0.262 e. The fourth-order valence-electron chi connectivity index (χ4n) is 2.36. The highest BCUT2D eigenvalue weighted by Gasteiger charge is 2.33. The molecule has 0 saturated carbocycles. The number of rotatable bonds is 2. The van der Waals surface area contributed by atoms with Crippen LogP contribution in [0.25, 0.3) is 0 Å². The highest BCUT2D eigenvalue weighted by molar-refractivity contribution is 8.00. The molecule has 0 radical (unpaired) electrons. The lowest BCUT2D eigenvalue weighted by molar-refractivity contribution is 0.582. The van der Waals surface area contributed by atoms with Gasteiger partial charge in [-0.3, -0.25) is 4.31 Å². The molecule has 2 aromatic rings. The fourth-order valence-corrected chi connectivity index (χ4v) is 5.25. The summed E-state index contributed by atoms with van der Waals surface area (Å²) in [6.07, 6.45) is 0. The Morgan fingerprint density at radius 1 is 1.14 bits per heavy atom. The summed E-state index contributed by atoms with van der Waals surface area (Å²) < 4.78 is 40.2. The average Bonchev–Trinajstić information content (AvgIpc) is 2.47. The quantitative estimate of drug-likeness (QED) is 0.848. The largest absolute Gasteiger partial charge is 0.264 e. The first-order chi connectivity index (χ1) is 10.00. The van der Waals surface area contributed by atoms with E-state index in [0.717, 1.165) is 4.90 Å². The molecule has 0 bridgehead atoms. The van der Waals surface area contributed by atoms with Crippen molar-refractivity contribution in [2.75, 3.05) is 10.1 Å². The van der Waals surface area contributed by atoms with Gasteiger partial charge in [0.15, 0.2) is 0 Å². The Kier molecular flexibility index (Phi) is 3.67. The predicted molar refractivity (Wildman–Crippen MR) is 82.7 cm³/mol. The van der Waals surface area contributed by atoms with Gasteiger partial charge in [0.25, 0.3) is 10.0 Å². The van der Waals surface area contributed by atoms with E-state index >= 15 is 0 Å². The van der Waals surface area contributed by atoms with Gasteiger partial charge in [-0.2, -0.15) is 0 Å². The van der Waals surface area contributed by atoms with Crippen molar-refractivity contribution in [3.05, 3.63) is 54.3 Å². The Morgan fingerprint density at radius 2 is 1.81 bits per heavy atom. The number of thioether (sulfide) groups is 1. The number of hydrogen-bond acceptors (Lipinski definition) is 3. The van der Waals surface area contributed by atoms with Crippen LogP contribution in [0.1, 0.15) is 6.92 Å². The molecule has 6 heteroatoms. The van der Waals surface area contributed by atoms with Crippen LogP contribution in [-0.4, -0.2) is 20.2 Å². The SMILES string of the molecule is CC1CSc2ccccc2N1S(=O)(=O)c1ccc(F)cc1. The van der Waals surface area contributed by atoms with Gasteiger partial charge in [0.05, 0.1) is 16.6 Å². The van der Waals surface area contributed by atoms with Crippen LogP contribution in [0.3, 0.4) is 0 Å². The van der Waals surface area contributed by atoms with Crippen LogP contribution < -0.4 is 4.31 Å². The number of halogens is 1. The number of hydrogen-bond donors (Lipinski definition) is 0. The highest BCUT2D eigenvalue weighted by Crippen LogP contribution is 2.40. The van der Waals surface area contributed by atoms with E-state index in [-0.39, 0.29) is 10.9 Å². The van der Waals surface area contributed by atoms with E-state index in [1.165, 1.54) is 28.6 Å². The van der Waals surface area contributed by atoms with Crippen molar-refractivity contribution in [1.82, 2.24) is 0 Å². The number of nitrogens with zero attached hydrogens (tertiary/aromatic N) is 1. The Bertz CT molecular complexity index is 759. The molecule has 21 heavy (non-hydrogen) atoms. The minimum atomic E-state index is -3.69. The molecule has 0 saturated heterocycles. The zero-order valence-electron chi connectivity index (χ0n) is 11.4. The molecule has 1 atom stereocenters. The molecule has 1 heterocycles. The summed E-state index contributed by atoms with van der Waals surface area (Å²) in [6.45, 7) is 1.88. The molecule has 3 nitrogen and oxygen atoms in total. The molecule has 0 aromatic heterocycles. The third kappa shape index (κ3) is 2.53. The summed E-state index contributed by atoms with van der Waals surface area (Å²) in [7, 11) is -3.69. The van der Waals surface area contributed by atoms with Gasteiger partial charge in [0.1, 0.15) is 5.82 Å². The maximum absolute atomic E-state index is 13.0. The van der Waals surface area contributed by atoms with Gasteiger partial charge in [0, 0.05) is 10.6 Å². The van der Waals surface area contributed by atoms with Crippen LogP contribution in [0.2, 0.25) is 0 Å². The second kappa shape index (κ2) is 5.35. The molecule has 1 aliphatic heterocycles. The predicted octanol–water partition coefficient (Wildman–Crippen LogP) is 3.52. The second-order valence-corrected chi connectivity index (χ2v) is 7.76. The molecule has 2 aromatic carbocycles. The van der Waals surface area contributed by atoms with Crippen molar-refractivity contribution in [1.29, 1.82) is 0 Å². The van der Waals surface area contributed by atoms with Gasteiger partial charge >= 0.3 is 0 Å². The Labute approximate surface area is 127 Å². The smallest absolute Gasteiger partial charge is 0.262 e. The first-order valence-electron chi connectivity index (χ1n) is 6.52. The molecule has 1 unspecified atom stereocenters. The number of benzene rings is 2. The molecular weight excluding hydrogens is 309 g/mol. The van der Waals surface area contributed by atoms with Gasteiger partial charge in [-0.15, -0.1) is 11.8 Å². The molecule has 0 aliphatic carbocycles. The van der Waals surface area contributed by atoms with E-state index in [1.807, 2.05) is 25.1 Å². The zero-order chi connectivity index (χ0) is 15.0. The Hall–Kier alpha value is -1.53. The van der Waals surface area contributed by atoms with Crippen molar-refractivity contribution in [2.24, 2.45) is 0 Å². The molecule has 1 aliphatic rings. The van der Waals surface area contributed by atoms with E-state index in [2.05, 4.69) is 0 Å². The maximum atomic E-state index is 13.0. The van der Waals surface area contributed by atoms with Gasteiger partial charge < -0.3 is 0 Å². The van der Waals surface area contributed by atoms with E-state index < -0.39 is 15.8 Å². The van der Waals surface area contributed by atoms with Gasteiger partial charge in [-0.05, 0) is 43.3 Å². The summed E-state index contributed by atoms with van der Waals surface area (Å²) in [5.74, 6) is 0.244. The Balaban J connectivity index is 2.12. The standard InChI is InChI=1S/C15H14FNO2S2/c1-11-10-20-15-5-3-2-4-14(15)17(11)21(18,19)13-8-6-12(16)7-9-13/h2-9,11H,10H2,1H3. The summed E-state index contributed by atoms with van der Waals surface area (Å²) >= 11 is 1.65. The van der Waals surface area contributed by atoms with E-state index in [4.69, 9.17) is 0 Å². The average molecular weight is 323 g/mol. The number of anilines is 1. The van der Waals surface area contributed by atoms with Crippen LogP contribution >= 0.6 is 11.8 Å². The first-order valence-corrected chi connectivity index (χ1v) is 8.94. The van der Waals surface area contributed by atoms with E-state index in [0.29, 0.717) is 11.4 Å². The lowest BCUT2D eigenvalue weighted by atomic mass is 10.3. The number of sulfonamides is 1. The minimum absolute atomic E-state index is 0.109. The third-order valence-electron chi connectivity index (χ3n) is 3.35. The van der Waals surface area contributed by atoms with E-state index in [9.17, 15) is 12.8 Å². The van der Waals surface area contributed by atoms with Crippen LogP contribution in [0.15, 0.2) is 58.3 Å². The monoisotopic (exact) mass is 323 g/mol. The fraction of sp³-hybridized carbons (Fsp3) is 0.200. The van der Waals surface area contributed by atoms with Gasteiger partial charge in [-0.1, -0.05) is 12.1 Å². The van der Waals surface area contributed by atoms with E-state index in [1.54, 1.807) is 17.8 Å². The van der Waals surface area contributed by atoms with Gasteiger partial charge in [-0.25, -0.2) is 12.8 Å². The van der Waals surface area contributed by atoms with Crippen molar-refractivity contribution in [3.63, 3.8) is 0 Å². The van der Waals surface area contributed by atoms with Crippen molar-refractivity contribution >= 4 is 27.5 Å². The molecule has 3 rings (SSSR count). The lowest BCUT2D eigenvalue weighted by Crippen LogP contribution is -2.42. The normalized spacial score (nSPS) is 18.4. The third-order valence-corrected chi connectivity index (χ3v) is 6.60. The van der Waals surface area contributed by atoms with Crippen LogP contribution in [0, 0.1) is 5.82 Å². The second-order valence-electron chi connectivity index (χ2n) is 4.88. The molecule has 0 amide bonds. The van der Waals surface area contributed by atoms with Crippen molar-refractivity contribution in [2.45, 2.75) is 22.8 Å². The first kappa shape index (κ1) is 14.4. The van der Waals surface area contributed by atoms with Gasteiger partial charge in [0.2, 0.25) is 0 Å². The van der Waals surface area contributed by atoms with Crippen LogP contribution in [0.5, 0.6) is 0 Å². The van der Waals surface area contributed by atoms with Crippen molar-refractivity contribution < 1.29 is 12.8 Å². The van der Waals surface area contributed by atoms with Crippen molar-refractivity contribution in [3.8, 4) is 0 Å². The molecule has 0 spiro atoms. The molecular formula is C15H14FNO2S2. The molecule has 0 N–H and O–H groups in total.